The third kappa shape index (κ3) is 4.60. The maximum atomic E-state index is 9.28. The summed E-state index contributed by atoms with van der Waals surface area (Å²) in [7, 11) is 0. The molecule has 0 amide bonds. The second-order valence-corrected chi connectivity index (χ2v) is 3.71. The maximum Gasteiger partial charge on any atom is 0.0699 e. The predicted molar refractivity (Wildman–Crippen MR) is 52.8 cm³/mol. The molecule has 2 atom stereocenters. The van der Waals surface area contributed by atoms with Crippen LogP contribution in [0.1, 0.15) is 32.6 Å². The predicted octanol–water partition coefficient (Wildman–Crippen LogP) is 0.916. The van der Waals surface area contributed by atoms with Crippen LogP contribution in [-0.2, 0) is 4.74 Å². The molecule has 3 heteroatoms. The van der Waals surface area contributed by atoms with Crippen LogP contribution >= 0.6 is 0 Å². The fourth-order valence-electron chi connectivity index (χ4n) is 1.52. The van der Waals surface area contributed by atoms with E-state index in [0.29, 0.717) is 12.6 Å². The van der Waals surface area contributed by atoms with E-state index in [1.54, 1.807) is 0 Å². The first-order valence-corrected chi connectivity index (χ1v) is 5.33. The number of nitrogens with one attached hydrogen (secondary N) is 1. The highest BCUT2D eigenvalue weighted by atomic mass is 16.5. The van der Waals surface area contributed by atoms with Crippen molar-refractivity contribution in [3.63, 3.8) is 0 Å². The van der Waals surface area contributed by atoms with Gasteiger partial charge in [0.15, 0.2) is 0 Å². The number of hydrogen-bond acceptors (Lipinski definition) is 3. The third-order valence-corrected chi connectivity index (χ3v) is 2.50. The molecule has 1 aliphatic rings. The number of aliphatic hydroxyl groups excluding tert-OH is 1. The molecule has 3 nitrogen and oxygen atoms in total. The molecule has 2 unspecified atom stereocenters. The first-order chi connectivity index (χ1) is 6.33. The summed E-state index contributed by atoms with van der Waals surface area (Å²) in [4.78, 5) is 0. The Morgan fingerprint density at radius 3 is 3.00 bits per heavy atom. The fourth-order valence-corrected chi connectivity index (χ4v) is 1.52. The van der Waals surface area contributed by atoms with Crippen molar-refractivity contribution >= 4 is 0 Å². The molecule has 0 aromatic carbocycles. The first-order valence-electron chi connectivity index (χ1n) is 5.33. The van der Waals surface area contributed by atoms with Gasteiger partial charge in [-0.2, -0.15) is 0 Å². The van der Waals surface area contributed by atoms with Crippen LogP contribution in [0.3, 0.4) is 0 Å². The van der Waals surface area contributed by atoms with Gasteiger partial charge in [-0.15, -0.1) is 0 Å². The molecule has 1 rings (SSSR count). The molecule has 0 aliphatic carbocycles. The lowest BCUT2D eigenvalue weighted by Crippen LogP contribution is -2.35. The molecule has 0 aromatic heterocycles. The quantitative estimate of drug-likeness (QED) is 0.672. The minimum atomic E-state index is -0.205. The Hall–Kier alpha value is -0.120. The van der Waals surface area contributed by atoms with Gasteiger partial charge < -0.3 is 15.2 Å². The zero-order chi connectivity index (χ0) is 9.52. The molecule has 78 valence electrons. The van der Waals surface area contributed by atoms with Crippen LogP contribution in [0.15, 0.2) is 0 Å². The van der Waals surface area contributed by atoms with Gasteiger partial charge in [-0.3, -0.25) is 0 Å². The topological polar surface area (TPSA) is 41.5 Å². The Morgan fingerprint density at radius 2 is 2.38 bits per heavy atom. The monoisotopic (exact) mass is 187 g/mol. The zero-order valence-corrected chi connectivity index (χ0v) is 8.46. The Bertz CT molecular complexity index is 124. The van der Waals surface area contributed by atoms with E-state index in [1.165, 1.54) is 12.8 Å². The molecule has 1 saturated heterocycles. The van der Waals surface area contributed by atoms with E-state index in [1.807, 2.05) is 6.92 Å². The average Bonchev–Trinajstić information content (AvgIpc) is 2.19. The summed E-state index contributed by atoms with van der Waals surface area (Å²) in [5.74, 6) is 0. The van der Waals surface area contributed by atoms with Gasteiger partial charge in [0.05, 0.1) is 12.2 Å². The summed E-state index contributed by atoms with van der Waals surface area (Å²) in [5, 5.41) is 12.5. The van der Waals surface area contributed by atoms with Crippen molar-refractivity contribution in [3.8, 4) is 0 Å². The van der Waals surface area contributed by atoms with Crippen molar-refractivity contribution in [3.05, 3.63) is 0 Å². The van der Waals surface area contributed by atoms with Gasteiger partial charge in [0, 0.05) is 19.7 Å². The first kappa shape index (κ1) is 11.0. The van der Waals surface area contributed by atoms with Gasteiger partial charge in [-0.25, -0.2) is 0 Å². The van der Waals surface area contributed by atoms with Crippen LogP contribution in [0.25, 0.3) is 0 Å². The maximum absolute atomic E-state index is 9.28. The standard InChI is InChI=1S/C10H21NO2/c1-2-9(12)7-11-8-10-5-3-4-6-13-10/h9-12H,2-8H2,1H3. The SMILES string of the molecule is CCC(O)CNCC1CCCCO1. The lowest BCUT2D eigenvalue weighted by molar-refractivity contribution is 0.0152. The molecule has 0 spiro atoms. The molecule has 0 aromatic rings. The molecule has 1 fully saturated rings. The molecule has 1 heterocycles. The molecule has 1 aliphatic heterocycles. The van der Waals surface area contributed by atoms with Crippen LogP contribution in [-0.4, -0.2) is 37.0 Å². The number of rotatable bonds is 5. The van der Waals surface area contributed by atoms with Gasteiger partial charge in [0.1, 0.15) is 0 Å². The number of aliphatic hydroxyl groups is 1. The van der Waals surface area contributed by atoms with E-state index < -0.39 is 0 Å². The van der Waals surface area contributed by atoms with Crippen LogP contribution in [0.4, 0.5) is 0 Å². The van der Waals surface area contributed by atoms with E-state index in [-0.39, 0.29) is 6.10 Å². The highest BCUT2D eigenvalue weighted by Crippen LogP contribution is 2.11. The van der Waals surface area contributed by atoms with E-state index in [2.05, 4.69) is 5.32 Å². The molecular weight excluding hydrogens is 166 g/mol. The van der Waals surface area contributed by atoms with Gasteiger partial charge in [-0.05, 0) is 25.7 Å². The van der Waals surface area contributed by atoms with Gasteiger partial charge in [0.25, 0.3) is 0 Å². The summed E-state index contributed by atoms with van der Waals surface area (Å²) in [6.45, 7) is 4.47. The van der Waals surface area contributed by atoms with Crippen molar-refractivity contribution < 1.29 is 9.84 Å². The number of hydrogen-bond donors (Lipinski definition) is 2. The van der Waals surface area contributed by atoms with Gasteiger partial charge in [0.2, 0.25) is 0 Å². The van der Waals surface area contributed by atoms with E-state index in [0.717, 1.165) is 26.0 Å². The summed E-state index contributed by atoms with van der Waals surface area (Å²) in [6, 6.07) is 0. The van der Waals surface area contributed by atoms with Gasteiger partial charge >= 0.3 is 0 Å². The molecule has 13 heavy (non-hydrogen) atoms. The van der Waals surface area contributed by atoms with Crippen LogP contribution in [0, 0.1) is 0 Å². The second kappa shape index (κ2) is 6.35. The van der Waals surface area contributed by atoms with Crippen molar-refractivity contribution in [1.29, 1.82) is 0 Å². The van der Waals surface area contributed by atoms with Gasteiger partial charge in [-0.1, -0.05) is 6.92 Å². The summed E-state index contributed by atoms with van der Waals surface area (Å²) in [5.41, 5.74) is 0. The van der Waals surface area contributed by atoms with Crippen LogP contribution in [0.2, 0.25) is 0 Å². The zero-order valence-electron chi connectivity index (χ0n) is 8.46. The Morgan fingerprint density at radius 1 is 1.54 bits per heavy atom. The Labute approximate surface area is 80.5 Å². The van der Waals surface area contributed by atoms with E-state index in [9.17, 15) is 5.11 Å². The van der Waals surface area contributed by atoms with Crippen molar-refractivity contribution in [2.45, 2.75) is 44.8 Å². The normalized spacial score (nSPS) is 25.8. The molecular formula is C10H21NO2. The summed E-state index contributed by atoms with van der Waals surface area (Å²) in [6.07, 6.45) is 4.63. The van der Waals surface area contributed by atoms with Crippen molar-refractivity contribution in [2.75, 3.05) is 19.7 Å². The molecule has 0 saturated carbocycles. The highest BCUT2D eigenvalue weighted by Gasteiger charge is 2.13. The fraction of sp³-hybridized carbons (Fsp3) is 1.00. The lowest BCUT2D eigenvalue weighted by Gasteiger charge is -2.23. The third-order valence-electron chi connectivity index (χ3n) is 2.50. The second-order valence-electron chi connectivity index (χ2n) is 3.71. The molecule has 0 bridgehead atoms. The Balaban J connectivity index is 1.98. The summed E-state index contributed by atoms with van der Waals surface area (Å²) >= 11 is 0. The van der Waals surface area contributed by atoms with E-state index in [4.69, 9.17) is 4.74 Å². The van der Waals surface area contributed by atoms with Crippen molar-refractivity contribution in [1.82, 2.24) is 5.32 Å². The average molecular weight is 187 g/mol. The smallest absolute Gasteiger partial charge is 0.0699 e. The minimum Gasteiger partial charge on any atom is -0.392 e. The largest absolute Gasteiger partial charge is 0.392 e. The van der Waals surface area contributed by atoms with Crippen LogP contribution in [0.5, 0.6) is 0 Å². The van der Waals surface area contributed by atoms with E-state index >= 15 is 0 Å². The molecule has 0 radical (unpaired) electrons. The highest BCUT2D eigenvalue weighted by molar-refractivity contribution is 4.67. The van der Waals surface area contributed by atoms with Crippen LogP contribution < -0.4 is 5.32 Å². The van der Waals surface area contributed by atoms with Crippen molar-refractivity contribution in [2.24, 2.45) is 0 Å². The Kier molecular flexibility index (Phi) is 5.35. The lowest BCUT2D eigenvalue weighted by atomic mass is 10.1. The summed E-state index contributed by atoms with van der Waals surface area (Å²) < 4.78 is 5.55. The molecule has 2 N–H and O–H groups in total. The minimum absolute atomic E-state index is 0.205. The number of ether oxygens (including phenoxy) is 1.